The van der Waals surface area contributed by atoms with Gasteiger partial charge in [0, 0.05) is 6.42 Å². The molecular formula is C22H35N5O7. The molecule has 0 saturated carbocycles. The largest absolute Gasteiger partial charge is 0.480 e. The fourth-order valence-electron chi connectivity index (χ4n) is 3.09. The molecule has 0 aliphatic rings. The van der Waals surface area contributed by atoms with E-state index in [2.05, 4.69) is 16.0 Å². The minimum atomic E-state index is -1.48. The summed E-state index contributed by atoms with van der Waals surface area (Å²) in [6, 6.07) is 3.53. The molecule has 12 heteroatoms. The van der Waals surface area contributed by atoms with Gasteiger partial charge in [0.1, 0.15) is 24.2 Å². The number of carboxylic acids is 1. The van der Waals surface area contributed by atoms with Crippen LogP contribution in [0.3, 0.4) is 0 Å². The fourth-order valence-corrected chi connectivity index (χ4v) is 3.09. The van der Waals surface area contributed by atoms with Gasteiger partial charge in [0.05, 0.1) is 12.7 Å². The summed E-state index contributed by atoms with van der Waals surface area (Å²) in [5.41, 5.74) is 11.6. The first-order valence-electron chi connectivity index (χ1n) is 11.0. The lowest BCUT2D eigenvalue weighted by molar-refractivity contribution is -0.143. The van der Waals surface area contributed by atoms with Gasteiger partial charge < -0.3 is 42.7 Å². The highest BCUT2D eigenvalue weighted by Crippen LogP contribution is 2.06. The summed E-state index contributed by atoms with van der Waals surface area (Å²) in [5.74, 6) is -3.71. The quantitative estimate of drug-likeness (QED) is 0.125. The predicted octanol–water partition coefficient (Wildman–Crippen LogP) is -2.40. The molecule has 10 N–H and O–H groups in total. The molecule has 0 aliphatic heterocycles. The number of carbonyl (C=O) groups is 4. The van der Waals surface area contributed by atoms with Gasteiger partial charge in [-0.15, -0.1) is 0 Å². The van der Waals surface area contributed by atoms with Gasteiger partial charge >= 0.3 is 5.97 Å². The molecule has 5 atom stereocenters. The highest BCUT2D eigenvalue weighted by molar-refractivity contribution is 5.94. The number of carboxylic acid groups (broad SMARTS) is 1. The third-order valence-corrected chi connectivity index (χ3v) is 5.07. The molecule has 5 unspecified atom stereocenters. The first kappa shape index (κ1) is 29.0. The second-order valence-electron chi connectivity index (χ2n) is 7.95. The number of aliphatic carboxylic acids is 1. The molecule has 0 fully saturated rings. The van der Waals surface area contributed by atoms with Crippen molar-refractivity contribution in [3.05, 3.63) is 35.9 Å². The van der Waals surface area contributed by atoms with Crippen LogP contribution in [0, 0.1) is 0 Å². The van der Waals surface area contributed by atoms with Crippen molar-refractivity contribution in [3.63, 3.8) is 0 Å². The number of aliphatic hydroxyl groups excluding tert-OH is 2. The molecular weight excluding hydrogens is 446 g/mol. The van der Waals surface area contributed by atoms with Crippen LogP contribution in [0.15, 0.2) is 30.3 Å². The maximum atomic E-state index is 12.8. The van der Waals surface area contributed by atoms with Crippen LogP contribution in [0.1, 0.15) is 31.7 Å². The molecule has 190 valence electrons. The van der Waals surface area contributed by atoms with E-state index in [-0.39, 0.29) is 12.8 Å². The molecule has 12 nitrogen and oxygen atoms in total. The van der Waals surface area contributed by atoms with Gasteiger partial charge in [0.2, 0.25) is 17.7 Å². The molecule has 0 spiro atoms. The smallest absolute Gasteiger partial charge is 0.326 e. The van der Waals surface area contributed by atoms with Gasteiger partial charge in [-0.2, -0.15) is 0 Å². The Morgan fingerprint density at radius 1 is 0.941 bits per heavy atom. The maximum Gasteiger partial charge on any atom is 0.326 e. The van der Waals surface area contributed by atoms with Gasteiger partial charge in [-0.3, -0.25) is 14.4 Å². The molecule has 34 heavy (non-hydrogen) atoms. The van der Waals surface area contributed by atoms with E-state index in [0.29, 0.717) is 24.9 Å². The van der Waals surface area contributed by atoms with Crippen LogP contribution in [0.5, 0.6) is 0 Å². The van der Waals surface area contributed by atoms with Crippen LogP contribution in [0.2, 0.25) is 0 Å². The summed E-state index contributed by atoms with van der Waals surface area (Å²) in [6.07, 6.45) is -0.139. The lowest BCUT2D eigenvalue weighted by Crippen LogP contribution is -2.60. The Bertz CT molecular complexity index is 806. The van der Waals surface area contributed by atoms with E-state index in [1.807, 2.05) is 0 Å². The minimum Gasteiger partial charge on any atom is -0.480 e. The summed E-state index contributed by atoms with van der Waals surface area (Å²) in [7, 11) is 0. The molecule has 0 aliphatic carbocycles. The number of nitrogens with two attached hydrogens (primary N) is 2. The minimum absolute atomic E-state index is 0.000785. The zero-order valence-corrected chi connectivity index (χ0v) is 19.1. The summed E-state index contributed by atoms with van der Waals surface area (Å²) >= 11 is 0. The van der Waals surface area contributed by atoms with E-state index in [4.69, 9.17) is 16.6 Å². The number of nitrogens with one attached hydrogen (secondary N) is 3. The zero-order valence-electron chi connectivity index (χ0n) is 19.1. The van der Waals surface area contributed by atoms with E-state index in [1.54, 1.807) is 30.3 Å². The van der Waals surface area contributed by atoms with Crippen LogP contribution >= 0.6 is 0 Å². The van der Waals surface area contributed by atoms with E-state index >= 15 is 0 Å². The van der Waals surface area contributed by atoms with Crippen LogP contribution in [-0.4, -0.2) is 82.4 Å². The number of aliphatic hydroxyl groups is 2. The molecule has 0 heterocycles. The second kappa shape index (κ2) is 15.0. The van der Waals surface area contributed by atoms with Crippen molar-refractivity contribution in [1.29, 1.82) is 0 Å². The van der Waals surface area contributed by atoms with E-state index in [1.165, 1.54) is 6.92 Å². The second-order valence-corrected chi connectivity index (χ2v) is 7.95. The SMILES string of the molecule is CC(O)C(NC(=O)C(CCCCN)NC(=O)C(N)CO)C(=O)NC(Cc1ccccc1)C(=O)O. The monoisotopic (exact) mass is 481 g/mol. The first-order valence-corrected chi connectivity index (χ1v) is 11.0. The van der Waals surface area contributed by atoms with Gasteiger partial charge in [-0.1, -0.05) is 30.3 Å². The topological polar surface area (TPSA) is 217 Å². The number of rotatable bonds is 15. The summed E-state index contributed by atoms with van der Waals surface area (Å²) in [4.78, 5) is 49.4. The number of hydrogen-bond acceptors (Lipinski definition) is 8. The van der Waals surface area contributed by atoms with Crippen molar-refractivity contribution in [3.8, 4) is 0 Å². The van der Waals surface area contributed by atoms with Gasteiger partial charge in [0.15, 0.2) is 0 Å². The summed E-state index contributed by atoms with van der Waals surface area (Å²) in [6.45, 7) is 1.01. The third-order valence-electron chi connectivity index (χ3n) is 5.07. The first-order chi connectivity index (χ1) is 16.1. The Labute approximate surface area is 198 Å². The van der Waals surface area contributed by atoms with E-state index < -0.39 is 60.6 Å². The molecule has 0 bridgehead atoms. The van der Waals surface area contributed by atoms with Crippen LogP contribution < -0.4 is 27.4 Å². The maximum absolute atomic E-state index is 12.8. The molecule has 0 radical (unpaired) electrons. The molecule has 3 amide bonds. The zero-order chi connectivity index (χ0) is 25.7. The Kier molecular flexibility index (Phi) is 12.7. The average Bonchev–Trinajstić information content (AvgIpc) is 2.80. The number of unbranched alkanes of at least 4 members (excludes halogenated alkanes) is 1. The highest BCUT2D eigenvalue weighted by atomic mass is 16.4. The number of hydrogen-bond donors (Lipinski definition) is 8. The third kappa shape index (κ3) is 9.83. The highest BCUT2D eigenvalue weighted by Gasteiger charge is 2.32. The van der Waals surface area contributed by atoms with Crippen molar-refractivity contribution in [2.24, 2.45) is 11.5 Å². The van der Waals surface area contributed by atoms with Crippen molar-refractivity contribution >= 4 is 23.7 Å². The summed E-state index contributed by atoms with van der Waals surface area (Å²) in [5, 5.41) is 35.8. The number of amides is 3. The van der Waals surface area contributed by atoms with Gasteiger partial charge in [-0.05, 0) is 38.3 Å². The van der Waals surface area contributed by atoms with Crippen LogP contribution in [-0.2, 0) is 25.6 Å². The fraction of sp³-hybridized carbons (Fsp3) is 0.545. The molecule has 1 aromatic carbocycles. The Balaban J connectivity index is 2.93. The lowest BCUT2D eigenvalue weighted by Gasteiger charge is -2.26. The number of carbonyl (C=O) groups excluding carboxylic acids is 3. The number of benzene rings is 1. The van der Waals surface area contributed by atoms with E-state index in [9.17, 15) is 29.4 Å². The lowest BCUT2D eigenvalue weighted by atomic mass is 10.0. The Morgan fingerprint density at radius 3 is 2.09 bits per heavy atom. The van der Waals surface area contributed by atoms with Crippen molar-refractivity contribution in [2.45, 2.75) is 62.9 Å². The normalized spacial score (nSPS) is 15.3. The Hall–Kier alpha value is -3.06. The predicted molar refractivity (Wildman–Crippen MR) is 123 cm³/mol. The molecule has 1 aromatic rings. The van der Waals surface area contributed by atoms with Crippen molar-refractivity contribution in [2.75, 3.05) is 13.2 Å². The van der Waals surface area contributed by atoms with Gasteiger partial charge in [0.25, 0.3) is 0 Å². The van der Waals surface area contributed by atoms with E-state index in [0.717, 1.165) is 0 Å². The molecule has 1 rings (SSSR count). The molecule has 0 saturated heterocycles. The Morgan fingerprint density at radius 2 is 1.56 bits per heavy atom. The average molecular weight is 482 g/mol. The van der Waals surface area contributed by atoms with Crippen molar-refractivity contribution < 1.29 is 34.5 Å². The molecule has 0 aromatic heterocycles. The van der Waals surface area contributed by atoms with Crippen molar-refractivity contribution in [1.82, 2.24) is 16.0 Å². The van der Waals surface area contributed by atoms with Crippen LogP contribution in [0.25, 0.3) is 0 Å². The summed E-state index contributed by atoms with van der Waals surface area (Å²) < 4.78 is 0. The standard InChI is InChI=1S/C22H35N5O7/c1-13(29)18(21(32)26-17(22(33)34)11-14-7-3-2-4-8-14)27-20(31)16(9-5-6-10-23)25-19(30)15(24)12-28/h2-4,7-8,13,15-18,28-29H,5-6,9-12,23-24H2,1H3,(H,25,30)(H,26,32)(H,27,31)(H,33,34). The van der Waals surface area contributed by atoms with Gasteiger partial charge in [-0.25, -0.2) is 4.79 Å². The van der Waals surface area contributed by atoms with Crippen LogP contribution in [0.4, 0.5) is 0 Å².